The lowest BCUT2D eigenvalue weighted by Gasteiger charge is -2.12. The molecule has 2 rings (SSSR count). The van der Waals surface area contributed by atoms with E-state index in [1.54, 1.807) is 6.92 Å². The Kier molecular flexibility index (Phi) is 3.09. The van der Waals surface area contributed by atoms with Gasteiger partial charge in [-0.25, -0.2) is 4.98 Å². The van der Waals surface area contributed by atoms with Crippen molar-refractivity contribution in [2.75, 3.05) is 0 Å². The van der Waals surface area contributed by atoms with E-state index in [0.29, 0.717) is 11.8 Å². The van der Waals surface area contributed by atoms with E-state index in [2.05, 4.69) is 23.4 Å². The molecule has 1 aromatic carbocycles. The van der Waals surface area contributed by atoms with Gasteiger partial charge in [0.2, 0.25) is 0 Å². The zero-order valence-electron chi connectivity index (χ0n) is 10.4. The van der Waals surface area contributed by atoms with Gasteiger partial charge in [0.05, 0.1) is 0 Å². The van der Waals surface area contributed by atoms with E-state index in [1.807, 2.05) is 36.7 Å². The maximum Gasteiger partial charge on any atom is 0.140 e. The molecule has 0 aliphatic rings. The molecule has 0 fully saturated rings. The number of aromatic nitrogens is 2. The van der Waals surface area contributed by atoms with Gasteiger partial charge >= 0.3 is 0 Å². The second kappa shape index (κ2) is 4.53. The Morgan fingerprint density at radius 3 is 2.76 bits per heavy atom. The van der Waals surface area contributed by atoms with Crippen LogP contribution in [0.5, 0.6) is 0 Å². The monoisotopic (exact) mass is 227 g/mol. The highest BCUT2D eigenvalue weighted by atomic mass is 15.1. The Bertz CT molecular complexity index is 538. The highest BCUT2D eigenvalue weighted by molar-refractivity contribution is 5.97. The van der Waals surface area contributed by atoms with Crippen LogP contribution in [0.3, 0.4) is 0 Å². The van der Waals surface area contributed by atoms with Gasteiger partial charge in [0, 0.05) is 29.7 Å². The molecule has 0 unspecified atom stereocenters. The molecule has 0 atom stereocenters. The topological polar surface area (TPSA) is 41.7 Å². The maximum atomic E-state index is 7.67. The van der Waals surface area contributed by atoms with Crippen LogP contribution in [-0.4, -0.2) is 15.3 Å². The summed E-state index contributed by atoms with van der Waals surface area (Å²) in [4.78, 5) is 4.40. The van der Waals surface area contributed by atoms with Gasteiger partial charge in [0.1, 0.15) is 5.82 Å². The van der Waals surface area contributed by atoms with Gasteiger partial charge in [-0.05, 0) is 32.4 Å². The number of nitrogens with zero attached hydrogens (tertiary/aromatic N) is 2. The average molecular weight is 227 g/mol. The van der Waals surface area contributed by atoms with E-state index in [1.165, 1.54) is 0 Å². The fourth-order valence-corrected chi connectivity index (χ4v) is 1.84. The molecule has 17 heavy (non-hydrogen) atoms. The van der Waals surface area contributed by atoms with Crippen molar-refractivity contribution in [3.63, 3.8) is 0 Å². The molecule has 0 saturated heterocycles. The van der Waals surface area contributed by atoms with Crippen LogP contribution in [0.25, 0.3) is 11.4 Å². The molecule has 0 aliphatic heterocycles. The summed E-state index contributed by atoms with van der Waals surface area (Å²) in [7, 11) is 0. The van der Waals surface area contributed by atoms with Gasteiger partial charge < -0.3 is 9.98 Å². The lowest BCUT2D eigenvalue weighted by molar-refractivity contribution is 0.606. The first-order valence-corrected chi connectivity index (χ1v) is 5.78. The summed E-state index contributed by atoms with van der Waals surface area (Å²) in [6, 6.07) is 8.37. The van der Waals surface area contributed by atoms with E-state index in [0.717, 1.165) is 17.0 Å². The van der Waals surface area contributed by atoms with Crippen molar-refractivity contribution in [3.05, 3.63) is 42.2 Å². The van der Waals surface area contributed by atoms with Crippen LogP contribution >= 0.6 is 0 Å². The quantitative estimate of drug-likeness (QED) is 0.801. The van der Waals surface area contributed by atoms with Crippen molar-refractivity contribution in [3.8, 4) is 11.4 Å². The highest BCUT2D eigenvalue weighted by Crippen LogP contribution is 2.22. The lowest BCUT2D eigenvalue weighted by Crippen LogP contribution is -2.02. The number of hydrogen-bond donors (Lipinski definition) is 1. The summed E-state index contributed by atoms with van der Waals surface area (Å²) in [5.74, 6) is 0.961. The molecule has 1 aromatic heterocycles. The van der Waals surface area contributed by atoms with Gasteiger partial charge in [-0.3, -0.25) is 0 Å². The Hall–Kier alpha value is -1.90. The molecular formula is C14H17N3. The molecule has 0 radical (unpaired) electrons. The molecule has 0 aliphatic carbocycles. The number of benzene rings is 1. The highest BCUT2D eigenvalue weighted by Gasteiger charge is 2.09. The first-order chi connectivity index (χ1) is 8.09. The number of imidazole rings is 1. The smallest absolute Gasteiger partial charge is 0.140 e. The Morgan fingerprint density at radius 1 is 1.35 bits per heavy atom. The number of rotatable bonds is 3. The summed E-state index contributed by atoms with van der Waals surface area (Å²) in [5, 5.41) is 7.67. The summed E-state index contributed by atoms with van der Waals surface area (Å²) in [5.41, 5.74) is 2.59. The Balaban J connectivity index is 2.49. The molecule has 0 spiro atoms. The summed E-state index contributed by atoms with van der Waals surface area (Å²) >= 11 is 0. The van der Waals surface area contributed by atoms with Crippen molar-refractivity contribution in [2.24, 2.45) is 0 Å². The van der Waals surface area contributed by atoms with Crippen LogP contribution in [-0.2, 0) is 0 Å². The molecule has 88 valence electrons. The second-order valence-electron chi connectivity index (χ2n) is 4.46. The summed E-state index contributed by atoms with van der Waals surface area (Å²) < 4.78 is 2.14. The normalized spacial score (nSPS) is 10.8. The fourth-order valence-electron chi connectivity index (χ4n) is 1.84. The van der Waals surface area contributed by atoms with Crippen LogP contribution in [0.1, 0.15) is 32.4 Å². The third kappa shape index (κ3) is 2.28. The molecule has 0 amide bonds. The van der Waals surface area contributed by atoms with E-state index < -0.39 is 0 Å². The third-order valence-corrected chi connectivity index (χ3v) is 2.78. The molecular weight excluding hydrogens is 210 g/mol. The predicted octanol–water partition coefficient (Wildman–Crippen LogP) is 3.52. The van der Waals surface area contributed by atoms with Crippen LogP contribution in [0.15, 0.2) is 36.7 Å². The molecule has 2 aromatic rings. The molecule has 0 bridgehead atoms. The number of hydrogen-bond acceptors (Lipinski definition) is 2. The van der Waals surface area contributed by atoms with Crippen molar-refractivity contribution >= 4 is 5.71 Å². The van der Waals surface area contributed by atoms with Crippen molar-refractivity contribution in [1.29, 1.82) is 5.41 Å². The molecule has 3 nitrogen and oxygen atoms in total. The minimum atomic E-state index is 0.386. The van der Waals surface area contributed by atoms with Gasteiger partial charge in [-0.1, -0.05) is 18.2 Å². The minimum absolute atomic E-state index is 0.386. The van der Waals surface area contributed by atoms with Gasteiger partial charge in [-0.15, -0.1) is 0 Å². The standard InChI is InChI=1S/C14H17N3/c1-10(2)17-8-7-16-14(17)13-6-4-5-12(9-13)11(3)15/h4-10,15H,1-3H3. The predicted molar refractivity (Wildman–Crippen MR) is 70.6 cm³/mol. The van der Waals surface area contributed by atoms with Gasteiger partial charge in [0.15, 0.2) is 0 Å². The average Bonchev–Trinajstić information content (AvgIpc) is 2.78. The summed E-state index contributed by atoms with van der Waals surface area (Å²) in [6.07, 6.45) is 3.81. The molecule has 3 heteroatoms. The second-order valence-corrected chi connectivity index (χ2v) is 4.46. The van der Waals surface area contributed by atoms with E-state index >= 15 is 0 Å². The largest absolute Gasteiger partial charge is 0.328 e. The zero-order chi connectivity index (χ0) is 12.4. The SMILES string of the molecule is CC(=N)c1cccc(-c2nccn2C(C)C)c1. The Labute approximate surface area is 102 Å². The van der Waals surface area contributed by atoms with Crippen LogP contribution < -0.4 is 0 Å². The van der Waals surface area contributed by atoms with E-state index in [4.69, 9.17) is 5.41 Å². The van der Waals surface area contributed by atoms with Gasteiger partial charge in [-0.2, -0.15) is 0 Å². The van der Waals surface area contributed by atoms with Gasteiger partial charge in [0.25, 0.3) is 0 Å². The molecule has 1 N–H and O–H groups in total. The summed E-state index contributed by atoms with van der Waals surface area (Å²) in [6.45, 7) is 6.07. The van der Waals surface area contributed by atoms with Crippen LogP contribution in [0, 0.1) is 5.41 Å². The van der Waals surface area contributed by atoms with E-state index in [-0.39, 0.29) is 0 Å². The number of nitrogens with one attached hydrogen (secondary N) is 1. The van der Waals surface area contributed by atoms with E-state index in [9.17, 15) is 0 Å². The Morgan fingerprint density at radius 2 is 2.12 bits per heavy atom. The van der Waals surface area contributed by atoms with Crippen molar-refractivity contribution in [1.82, 2.24) is 9.55 Å². The molecule has 1 heterocycles. The van der Waals surface area contributed by atoms with Crippen LogP contribution in [0.4, 0.5) is 0 Å². The van der Waals surface area contributed by atoms with Crippen molar-refractivity contribution < 1.29 is 0 Å². The minimum Gasteiger partial charge on any atom is -0.328 e. The maximum absolute atomic E-state index is 7.67. The fraction of sp³-hybridized carbons (Fsp3) is 0.286. The first-order valence-electron chi connectivity index (χ1n) is 5.78. The van der Waals surface area contributed by atoms with Crippen molar-refractivity contribution in [2.45, 2.75) is 26.8 Å². The lowest BCUT2D eigenvalue weighted by atomic mass is 10.1. The third-order valence-electron chi connectivity index (χ3n) is 2.78. The first kappa shape index (κ1) is 11.6. The zero-order valence-corrected chi connectivity index (χ0v) is 10.4. The molecule has 0 saturated carbocycles. The van der Waals surface area contributed by atoms with Crippen LogP contribution in [0.2, 0.25) is 0 Å².